The fraction of sp³-hybridized carbons (Fsp3) is 0.263. The predicted molar refractivity (Wildman–Crippen MR) is 98.0 cm³/mol. The van der Waals surface area contributed by atoms with Crippen molar-refractivity contribution >= 4 is 23.0 Å². The maximum Gasteiger partial charge on any atom is 0.132 e. The first-order chi connectivity index (χ1) is 11.7. The second-order valence-electron chi connectivity index (χ2n) is 5.68. The van der Waals surface area contributed by atoms with E-state index in [0.29, 0.717) is 5.02 Å². The second-order valence-corrected chi connectivity index (χ2v) is 6.08. The number of benzene rings is 2. The quantitative estimate of drug-likeness (QED) is 0.715. The summed E-state index contributed by atoms with van der Waals surface area (Å²) >= 11 is 6.40. The largest absolute Gasteiger partial charge is 0.497 e. The number of rotatable bonds is 6. The minimum Gasteiger partial charge on any atom is -0.497 e. The zero-order valence-electron chi connectivity index (χ0n) is 13.8. The zero-order valence-corrected chi connectivity index (χ0v) is 14.5. The van der Waals surface area contributed by atoms with Crippen molar-refractivity contribution in [1.29, 1.82) is 0 Å². The molecule has 0 unspecified atom stereocenters. The average molecular weight is 343 g/mol. The molecule has 3 rings (SSSR count). The van der Waals surface area contributed by atoms with E-state index in [1.807, 2.05) is 49.4 Å². The van der Waals surface area contributed by atoms with Crippen molar-refractivity contribution in [3.8, 4) is 17.2 Å². The number of halogens is 1. The highest BCUT2D eigenvalue weighted by atomic mass is 35.5. The molecule has 1 aliphatic heterocycles. The molecule has 0 fully saturated rings. The normalized spacial score (nSPS) is 13.5. The first-order valence-corrected chi connectivity index (χ1v) is 8.21. The van der Waals surface area contributed by atoms with Gasteiger partial charge in [-0.15, -0.1) is 0 Å². The van der Waals surface area contributed by atoms with Crippen molar-refractivity contribution in [2.75, 3.05) is 7.11 Å². The summed E-state index contributed by atoms with van der Waals surface area (Å²) in [6.45, 7) is 1.99. The summed E-state index contributed by atoms with van der Waals surface area (Å²) in [5.41, 5.74) is 3.12. The van der Waals surface area contributed by atoms with Crippen LogP contribution in [0.25, 0.3) is 0 Å². The Morgan fingerprint density at radius 3 is 2.58 bits per heavy atom. The fourth-order valence-electron chi connectivity index (χ4n) is 2.60. The lowest BCUT2D eigenvalue weighted by atomic mass is 10.0. The van der Waals surface area contributed by atoms with Gasteiger partial charge in [0.15, 0.2) is 0 Å². The van der Waals surface area contributed by atoms with Crippen molar-refractivity contribution in [3.05, 3.63) is 53.1 Å². The van der Waals surface area contributed by atoms with Gasteiger partial charge in [-0.1, -0.05) is 23.7 Å². The molecule has 0 saturated heterocycles. The number of hydrogen-bond donors (Lipinski definition) is 0. The van der Waals surface area contributed by atoms with Gasteiger partial charge < -0.3 is 9.47 Å². The third-order valence-electron chi connectivity index (χ3n) is 3.83. The summed E-state index contributed by atoms with van der Waals surface area (Å²) in [7, 11) is 1.64. The molecule has 0 saturated carbocycles. The molecule has 5 heteroatoms. The molecular formula is C19H19ClN2O2. The van der Waals surface area contributed by atoms with E-state index < -0.39 is 0 Å². The summed E-state index contributed by atoms with van der Waals surface area (Å²) in [6.07, 6.45) is 2.43. The standard InChI is InChI=1S/C19H19ClN2O2/c1-13-11-14(22-21-13)9-10-17-18(20)7-4-8-19(17)24-16-6-3-5-15(12-16)23-2/h3-8,12H,9-11H2,1-2H3. The zero-order chi connectivity index (χ0) is 16.9. The first kappa shape index (κ1) is 16.5. The highest BCUT2D eigenvalue weighted by molar-refractivity contribution is 6.31. The minimum atomic E-state index is 0.701. The monoisotopic (exact) mass is 342 g/mol. The SMILES string of the molecule is COc1cccc(Oc2cccc(Cl)c2CCC2=NN=C(C)C2)c1. The van der Waals surface area contributed by atoms with Crippen LogP contribution in [0.3, 0.4) is 0 Å². The van der Waals surface area contributed by atoms with Gasteiger partial charge in [-0.25, -0.2) is 0 Å². The van der Waals surface area contributed by atoms with Crippen molar-refractivity contribution in [3.63, 3.8) is 0 Å². The lowest BCUT2D eigenvalue weighted by molar-refractivity contribution is 0.408. The molecule has 0 aromatic heterocycles. The van der Waals surface area contributed by atoms with Crippen LogP contribution >= 0.6 is 11.6 Å². The van der Waals surface area contributed by atoms with Crippen LogP contribution in [0.5, 0.6) is 17.2 Å². The van der Waals surface area contributed by atoms with Crippen molar-refractivity contribution in [2.24, 2.45) is 10.2 Å². The smallest absolute Gasteiger partial charge is 0.132 e. The molecule has 1 heterocycles. The number of hydrogen-bond acceptors (Lipinski definition) is 4. The van der Waals surface area contributed by atoms with E-state index in [1.165, 1.54) is 0 Å². The molecule has 0 N–H and O–H groups in total. The maximum absolute atomic E-state index is 6.40. The van der Waals surface area contributed by atoms with Crippen LogP contribution in [0.2, 0.25) is 5.02 Å². The molecule has 1 aliphatic rings. The highest BCUT2D eigenvalue weighted by Gasteiger charge is 2.14. The van der Waals surface area contributed by atoms with E-state index in [4.69, 9.17) is 21.1 Å². The molecule has 0 bridgehead atoms. The van der Waals surface area contributed by atoms with Crippen LogP contribution < -0.4 is 9.47 Å². The lowest BCUT2D eigenvalue weighted by Gasteiger charge is -2.13. The molecule has 0 spiro atoms. The Hall–Kier alpha value is -2.33. The Balaban J connectivity index is 1.77. The fourth-order valence-corrected chi connectivity index (χ4v) is 2.86. The molecule has 0 amide bonds. The van der Waals surface area contributed by atoms with Gasteiger partial charge in [-0.3, -0.25) is 0 Å². The number of nitrogens with zero attached hydrogens (tertiary/aromatic N) is 2. The van der Waals surface area contributed by atoms with E-state index in [1.54, 1.807) is 7.11 Å². The van der Waals surface area contributed by atoms with Gasteiger partial charge in [-0.2, -0.15) is 10.2 Å². The molecule has 124 valence electrons. The van der Waals surface area contributed by atoms with Gasteiger partial charge in [0.05, 0.1) is 7.11 Å². The van der Waals surface area contributed by atoms with E-state index in [-0.39, 0.29) is 0 Å². The van der Waals surface area contributed by atoms with E-state index >= 15 is 0 Å². The molecule has 0 atom stereocenters. The van der Waals surface area contributed by atoms with Crippen LogP contribution in [0.1, 0.15) is 25.3 Å². The van der Waals surface area contributed by atoms with Crippen molar-refractivity contribution in [1.82, 2.24) is 0 Å². The molecule has 0 radical (unpaired) electrons. The Morgan fingerprint density at radius 2 is 1.83 bits per heavy atom. The van der Waals surface area contributed by atoms with Gasteiger partial charge in [-0.05, 0) is 44.0 Å². The van der Waals surface area contributed by atoms with Crippen LogP contribution in [0, 0.1) is 0 Å². The van der Waals surface area contributed by atoms with E-state index in [0.717, 1.165) is 53.5 Å². The van der Waals surface area contributed by atoms with Gasteiger partial charge in [0.25, 0.3) is 0 Å². The Bertz CT molecular complexity index is 800. The van der Waals surface area contributed by atoms with E-state index in [2.05, 4.69) is 10.2 Å². The number of methoxy groups -OCH3 is 1. The summed E-state index contributed by atoms with van der Waals surface area (Å²) < 4.78 is 11.3. The van der Waals surface area contributed by atoms with Crippen molar-refractivity contribution < 1.29 is 9.47 Å². The van der Waals surface area contributed by atoms with Crippen LogP contribution in [0.4, 0.5) is 0 Å². The predicted octanol–water partition coefficient (Wildman–Crippen LogP) is 5.29. The van der Waals surface area contributed by atoms with Crippen molar-refractivity contribution in [2.45, 2.75) is 26.2 Å². The van der Waals surface area contributed by atoms with E-state index in [9.17, 15) is 0 Å². The van der Waals surface area contributed by atoms with Gasteiger partial charge in [0, 0.05) is 34.5 Å². The maximum atomic E-state index is 6.40. The van der Waals surface area contributed by atoms with Crippen LogP contribution in [0.15, 0.2) is 52.7 Å². The Morgan fingerprint density at radius 1 is 1.04 bits per heavy atom. The first-order valence-electron chi connectivity index (χ1n) is 7.84. The summed E-state index contributed by atoms with van der Waals surface area (Å²) in [5.74, 6) is 2.23. The topological polar surface area (TPSA) is 43.2 Å². The number of ether oxygens (including phenoxy) is 2. The summed E-state index contributed by atoms with van der Waals surface area (Å²) in [6, 6.07) is 13.2. The van der Waals surface area contributed by atoms with Gasteiger partial charge in [0.2, 0.25) is 0 Å². The minimum absolute atomic E-state index is 0.701. The van der Waals surface area contributed by atoms with Gasteiger partial charge in [0.1, 0.15) is 17.2 Å². The third kappa shape index (κ3) is 3.95. The Labute approximate surface area is 146 Å². The second kappa shape index (κ2) is 7.49. The Kier molecular flexibility index (Phi) is 5.16. The van der Waals surface area contributed by atoms with Crippen LogP contribution in [-0.4, -0.2) is 18.5 Å². The molecule has 2 aromatic rings. The molecule has 4 nitrogen and oxygen atoms in total. The molecule has 24 heavy (non-hydrogen) atoms. The average Bonchev–Trinajstić information content (AvgIpc) is 3.00. The molecule has 2 aromatic carbocycles. The van der Waals surface area contributed by atoms with Crippen LogP contribution in [-0.2, 0) is 6.42 Å². The molecular weight excluding hydrogens is 324 g/mol. The summed E-state index contributed by atoms with van der Waals surface area (Å²) in [5, 5.41) is 8.99. The van der Waals surface area contributed by atoms with Gasteiger partial charge >= 0.3 is 0 Å². The third-order valence-corrected chi connectivity index (χ3v) is 4.18. The summed E-state index contributed by atoms with van der Waals surface area (Å²) in [4.78, 5) is 0. The highest BCUT2D eigenvalue weighted by Crippen LogP contribution is 2.33. The molecule has 0 aliphatic carbocycles. The lowest BCUT2D eigenvalue weighted by Crippen LogP contribution is -2.02.